The number of nitrogens with two attached hydrogens (primary N) is 1. The van der Waals surface area contributed by atoms with Crippen molar-refractivity contribution in [1.29, 1.82) is 0 Å². The van der Waals surface area contributed by atoms with Gasteiger partial charge in [0.05, 0.1) is 6.04 Å². The molecule has 1 saturated heterocycles. The second-order valence-corrected chi connectivity index (χ2v) is 4.89. The van der Waals surface area contributed by atoms with Gasteiger partial charge in [0, 0.05) is 13.1 Å². The Morgan fingerprint density at radius 2 is 2.21 bits per heavy atom. The Balaban J connectivity index is 1.72. The lowest BCUT2D eigenvalue weighted by molar-refractivity contribution is 0.136. The molecule has 102 valence electrons. The van der Waals surface area contributed by atoms with Crippen LogP contribution in [0.3, 0.4) is 0 Å². The van der Waals surface area contributed by atoms with E-state index in [2.05, 4.69) is 5.32 Å². The fourth-order valence-corrected chi connectivity index (χ4v) is 2.18. The molecule has 1 unspecified atom stereocenters. The molecular weight excluding hydrogens is 262 g/mol. The van der Waals surface area contributed by atoms with Gasteiger partial charge < -0.3 is 20.7 Å². The number of hydrogen-bond donors (Lipinski definition) is 2. The molecule has 1 fully saturated rings. The maximum Gasteiger partial charge on any atom is 0.407 e. The van der Waals surface area contributed by atoms with Gasteiger partial charge in [-0.1, -0.05) is 30.3 Å². The Bertz CT molecular complexity index is 452. The van der Waals surface area contributed by atoms with Crippen LogP contribution in [0.4, 0.5) is 4.79 Å². The molecule has 1 aromatic rings. The number of carbonyl (C=O) groups excluding carboxylic acids is 1. The summed E-state index contributed by atoms with van der Waals surface area (Å²) < 4.78 is 5.15. The summed E-state index contributed by atoms with van der Waals surface area (Å²) in [6, 6.07) is 9.62. The molecule has 3 N–H and O–H groups in total. The normalized spacial score (nSPS) is 18.1. The first-order chi connectivity index (χ1) is 9.15. The average molecular weight is 279 g/mol. The Morgan fingerprint density at radius 3 is 2.84 bits per heavy atom. The third kappa shape index (κ3) is 4.10. The van der Waals surface area contributed by atoms with Crippen molar-refractivity contribution < 1.29 is 9.53 Å². The van der Waals surface area contributed by atoms with E-state index in [0.29, 0.717) is 11.7 Å². The summed E-state index contributed by atoms with van der Waals surface area (Å²) in [5, 5.41) is 3.19. The largest absolute Gasteiger partial charge is 0.445 e. The summed E-state index contributed by atoms with van der Waals surface area (Å²) in [6.07, 6.45) is 0.427. The molecule has 1 aliphatic rings. The van der Waals surface area contributed by atoms with Gasteiger partial charge in [0.1, 0.15) is 6.61 Å². The molecule has 0 saturated carbocycles. The summed E-state index contributed by atoms with van der Waals surface area (Å²) in [5.74, 6) is 0. The topological polar surface area (TPSA) is 67.6 Å². The van der Waals surface area contributed by atoms with E-state index in [1.807, 2.05) is 35.2 Å². The number of alkyl carbamates (subject to hydrolysis) is 1. The summed E-state index contributed by atoms with van der Waals surface area (Å²) in [5.41, 5.74) is 6.51. The van der Waals surface area contributed by atoms with Gasteiger partial charge in [-0.15, -0.1) is 0 Å². The van der Waals surface area contributed by atoms with E-state index in [1.54, 1.807) is 0 Å². The lowest BCUT2D eigenvalue weighted by atomic mass is 10.2. The third-order valence-corrected chi connectivity index (χ3v) is 3.29. The number of benzene rings is 1. The molecule has 0 spiro atoms. The van der Waals surface area contributed by atoms with Crippen molar-refractivity contribution in [3.05, 3.63) is 35.9 Å². The molecule has 1 aromatic carbocycles. The summed E-state index contributed by atoms with van der Waals surface area (Å²) >= 11 is 4.90. The Kier molecular flexibility index (Phi) is 4.57. The molecule has 1 heterocycles. The zero-order valence-corrected chi connectivity index (χ0v) is 11.4. The molecule has 0 aromatic heterocycles. The van der Waals surface area contributed by atoms with Gasteiger partial charge in [0.2, 0.25) is 0 Å². The first kappa shape index (κ1) is 13.6. The smallest absolute Gasteiger partial charge is 0.407 e. The number of nitrogens with one attached hydrogen (secondary N) is 1. The highest BCUT2D eigenvalue weighted by atomic mass is 32.1. The molecule has 0 aliphatic carbocycles. The molecule has 1 aliphatic heterocycles. The number of likely N-dealkylation sites (tertiary alicyclic amines) is 1. The van der Waals surface area contributed by atoms with Crippen molar-refractivity contribution in [2.24, 2.45) is 5.73 Å². The van der Waals surface area contributed by atoms with Crippen LogP contribution in [0.5, 0.6) is 0 Å². The minimum atomic E-state index is -0.404. The highest BCUT2D eigenvalue weighted by Gasteiger charge is 2.24. The first-order valence-corrected chi connectivity index (χ1v) is 6.57. The second-order valence-electron chi connectivity index (χ2n) is 4.48. The van der Waals surface area contributed by atoms with Gasteiger partial charge in [-0.3, -0.25) is 0 Å². The Labute approximate surface area is 117 Å². The predicted octanol–water partition coefficient (Wildman–Crippen LogP) is 1.23. The molecule has 1 atom stereocenters. The van der Waals surface area contributed by atoms with Crippen molar-refractivity contribution in [1.82, 2.24) is 10.2 Å². The van der Waals surface area contributed by atoms with Crippen molar-refractivity contribution in [3.8, 4) is 0 Å². The lowest BCUT2D eigenvalue weighted by Gasteiger charge is -2.16. The van der Waals surface area contributed by atoms with Gasteiger partial charge in [-0.05, 0) is 24.2 Å². The SMILES string of the molecule is NC(=S)N1CCC(NC(=O)OCc2ccccc2)C1. The minimum absolute atomic E-state index is 0.0461. The van der Waals surface area contributed by atoms with E-state index in [-0.39, 0.29) is 12.6 Å². The highest BCUT2D eigenvalue weighted by molar-refractivity contribution is 7.80. The minimum Gasteiger partial charge on any atom is -0.445 e. The van der Waals surface area contributed by atoms with Crippen molar-refractivity contribution >= 4 is 23.4 Å². The monoisotopic (exact) mass is 279 g/mol. The number of amides is 1. The first-order valence-electron chi connectivity index (χ1n) is 6.17. The van der Waals surface area contributed by atoms with Crippen LogP contribution in [0, 0.1) is 0 Å². The van der Waals surface area contributed by atoms with Gasteiger partial charge in [-0.25, -0.2) is 4.79 Å². The number of carbonyl (C=O) groups is 1. The van der Waals surface area contributed by atoms with Crippen LogP contribution >= 0.6 is 12.2 Å². The molecular formula is C13H17N3O2S. The average Bonchev–Trinajstić information content (AvgIpc) is 2.86. The van der Waals surface area contributed by atoms with Crippen LogP contribution in [-0.4, -0.2) is 35.2 Å². The third-order valence-electron chi connectivity index (χ3n) is 3.03. The molecule has 6 heteroatoms. The molecule has 5 nitrogen and oxygen atoms in total. The van der Waals surface area contributed by atoms with E-state index >= 15 is 0 Å². The number of rotatable bonds is 3. The van der Waals surface area contributed by atoms with Crippen LogP contribution in [0.25, 0.3) is 0 Å². The van der Waals surface area contributed by atoms with Gasteiger partial charge in [-0.2, -0.15) is 0 Å². The summed E-state index contributed by atoms with van der Waals surface area (Å²) in [6.45, 7) is 1.70. The van der Waals surface area contributed by atoms with Crippen molar-refractivity contribution in [3.63, 3.8) is 0 Å². The molecule has 0 bridgehead atoms. The zero-order chi connectivity index (χ0) is 13.7. The van der Waals surface area contributed by atoms with Crippen LogP contribution in [0.1, 0.15) is 12.0 Å². The lowest BCUT2D eigenvalue weighted by Crippen LogP contribution is -2.40. The molecule has 19 heavy (non-hydrogen) atoms. The van der Waals surface area contributed by atoms with Crippen LogP contribution in [-0.2, 0) is 11.3 Å². The van der Waals surface area contributed by atoms with Gasteiger partial charge in [0.25, 0.3) is 0 Å². The van der Waals surface area contributed by atoms with E-state index in [0.717, 1.165) is 18.5 Å². The number of ether oxygens (including phenoxy) is 1. The highest BCUT2D eigenvalue weighted by Crippen LogP contribution is 2.09. The molecule has 1 amide bonds. The summed E-state index contributed by atoms with van der Waals surface area (Å²) in [7, 11) is 0. The van der Waals surface area contributed by atoms with Crippen LogP contribution < -0.4 is 11.1 Å². The molecule has 2 rings (SSSR count). The van der Waals surface area contributed by atoms with Gasteiger partial charge in [0.15, 0.2) is 5.11 Å². The van der Waals surface area contributed by atoms with Crippen LogP contribution in [0.15, 0.2) is 30.3 Å². The van der Waals surface area contributed by atoms with E-state index in [4.69, 9.17) is 22.7 Å². The molecule has 0 radical (unpaired) electrons. The zero-order valence-electron chi connectivity index (χ0n) is 10.5. The maximum atomic E-state index is 11.6. The van der Waals surface area contributed by atoms with E-state index in [9.17, 15) is 4.79 Å². The predicted molar refractivity (Wildman–Crippen MR) is 76.5 cm³/mol. The quantitative estimate of drug-likeness (QED) is 0.815. The fraction of sp³-hybridized carbons (Fsp3) is 0.385. The number of nitrogens with zero attached hydrogens (tertiary/aromatic N) is 1. The Morgan fingerprint density at radius 1 is 1.47 bits per heavy atom. The number of thiocarbonyl (C=S) groups is 1. The van der Waals surface area contributed by atoms with Crippen molar-refractivity contribution in [2.45, 2.75) is 19.1 Å². The fourth-order valence-electron chi connectivity index (χ4n) is 2.01. The maximum absolute atomic E-state index is 11.6. The van der Waals surface area contributed by atoms with E-state index in [1.165, 1.54) is 0 Å². The van der Waals surface area contributed by atoms with Crippen LogP contribution in [0.2, 0.25) is 0 Å². The second kappa shape index (κ2) is 6.38. The Hall–Kier alpha value is -1.82. The van der Waals surface area contributed by atoms with Gasteiger partial charge >= 0.3 is 6.09 Å². The van der Waals surface area contributed by atoms with E-state index < -0.39 is 6.09 Å². The standard InChI is InChI=1S/C13H17N3O2S/c14-12(19)16-7-6-11(8-16)15-13(17)18-9-10-4-2-1-3-5-10/h1-5,11H,6-9H2,(H2,14,19)(H,15,17). The number of hydrogen-bond acceptors (Lipinski definition) is 3. The summed E-state index contributed by atoms with van der Waals surface area (Å²) in [4.78, 5) is 13.5. The van der Waals surface area contributed by atoms with Crippen molar-refractivity contribution in [2.75, 3.05) is 13.1 Å².